The van der Waals surface area contributed by atoms with E-state index in [0.717, 1.165) is 0 Å². The molecule has 1 unspecified atom stereocenters. The van der Waals surface area contributed by atoms with E-state index in [0.29, 0.717) is 12.2 Å². The van der Waals surface area contributed by atoms with E-state index in [1.165, 1.54) is 24.9 Å². The molecule has 92 valence electrons. The van der Waals surface area contributed by atoms with Gasteiger partial charge in [-0.15, -0.1) is 0 Å². The van der Waals surface area contributed by atoms with Crippen LogP contribution in [0, 0.1) is 11.5 Å². The molecule has 0 aliphatic heterocycles. The summed E-state index contributed by atoms with van der Waals surface area (Å²) in [6.45, 7) is 1.48. The van der Waals surface area contributed by atoms with Crippen LogP contribution in [-0.4, -0.2) is 38.1 Å². The highest BCUT2D eigenvalue weighted by molar-refractivity contribution is 7.98. The van der Waals surface area contributed by atoms with Crippen molar-refractivity contribution < 1.29 is 13.2 Å². The van der Waals surface area contributed by atoms with Gasteiger partial charge < -0.3 is 0 Å². The predicted molar refractivity (Wildman–Crippen MR) is 63.1 cm³/mol. The summed E-state index contributed by atoms with van der Waals surface area (Å²) < 4.78 is 24.9. The molecule has 16 heavy (non-hydrogen) atoms. The Hall–Kier alpha value is -0.780. The van der Waals surface area contributed by atoms with Crippen LogP contribution in [0.15, 0.2) is 0 Å². The van der Waals surface area contributed by atoms with Gasteiger partial charge in [-0.05, 0) is 25.4 Å². The molecule has 0 aromatic carbocycles. The van der Waals surface area contributed by atoms with Crippen LogP contribution in [0.2, 0.25) is 0 Å². The number of carbonyl (C=O) groups excluding carboxylic acids is 1. The predicted octanol–water partition coefficient (Wildman–Crippen LogP) is -0.355. The molecule has 2 N–H and O–H groups in total. The summed E-state index contributed by atoms with van der Waals surface area (Å²) in [5.74, 6) is -0.0770. The minimum absolute atomic E-state index is 0.0946. The molecule has 0 saturated heterocycles. The number of nitrogens with one attached hydrogen (secondary N) is 2. The topological polar surface area (TPSA) is 99.1 Å². The first kappa shape index (κ1) is 15.2. The van der Waals surface area contributed by atoms with Gasteiger partial charge in [0, 0.05) is 0 Å². The van der Waals surface area contributed by atoms with E-state index in [4.69, 9.17) is 5.26 Å². The van der Waals surface area contributed by atoms with Gasteiger partial charge in [-0.2, -0.15) is 17.0 Å². The number of carbonyl (C=O) groups is 1. The SMILES string of the molecule is CCS(=O)(=O)NC(CCSC)C(=O)NC#N. The third-order valence-electron chi connectivity index (χ3n) is 1.81. The Bertz CT molecular complexity index is 361. The molecule has 0 fully saturated rings. The number of thioether (sulfide) groups is 1. The van der Waals surface area contributed by atoms with Crippen molar-refractivity contribution in [3.63, 3.8) is 0 Å². The maximum atomic E-state index is 11.4. The lowest BCUT2D eigenvalue weighted by Gasteiger charge is -2.15. The monoisotopic (exact) mass is 265 g/mol. The number of amides is 1. The van der Waals surface area contributed by atoms with Crippen molar-refractivity contribution in [2.45, 2.75) is 19.4 Å². The number of rotatable bonds is 7. The van der Waals surface area contributed by atoms with Crippen molar-refractivity contribution >= 4 is 27.7 Å². The van der Waals surface area contributed by atoms with Crippen LogP contribution in [0.5, 0.6) is 0 Å². The Balaban J connectivity index is 4.56. The van der Waals surface area contributed by atoms with E-state index in [2.05, 4.69) is 4.72 Å². The van der Waals surface area contributed by atoms with Crippen molar-refractivity contribution in [3.05, 3.63) is 0 Å². The maximum Gasteiger partial charge on any atom is 0.251 e. The molecule has 0 aromatic rings. The number of hydrogen-bond donors (Lipinski definition) is 2. The van der Waals surface area contributed by atoms with Gasteiger partial charge in [-0.3, -0.25) is 10.1 Å². The first-order valence-corrected chi connectivity index (χ1v) is 7.69. The summed E-state index contributed by atoms with van der Waals surface area (Å²) in [5, 5.41) is 10.2. The molecule has 0 rings (SSSR count). The second kappa shape index (κ2) is 7.49. The van der Waals surface area contributed by atoms with E-state index in [-0.39, 0.29) is 5.75 Å². The average Bonchev–Trinajstić information content (AvgIpc) is 2.24. The van der Waals surface area contributed by atoms with E-state index < -0.39 is 22.0 Å². The fraction of sp³-hybridized carbons (Fsp3) is 0.750. The Kier molecular flexibility index (Phi) is 7.12. The molecule has 0 heterocycles. The Morgan fingerprint density at radius 3 is 2.62 bits per heavy atom. The standard InChI is InChI=1S/C8H15N3O3S2/c1-3-16(13,14)11-7(4-5-15-2)8(12)10-6-9/h7,11H,3-5H2,1-2H3,(H,10,12). The van der Waals surface area contributed by atoms with E-state index in [1.807, 2.05) is 11.6 Å². The Morgan fingerprint density at radius 2 is 2.19 bits per heavy atom. The van der Waals surface area contributed by atoms with Gasteiger partial charge in [0.1, 0.15) is 6.04 Å². The first-order chi connectivity index (χ1) is 7.46. The smallest absolute Gasteiger partial charge is 0.251 e. The highest BCUT2D eigenvalue weighted by Gasteiger charge is 2.22. The van der Waals surface area contributed by atoms with Gasteiger partial charge in [0.2, 0.25) is 10.0 Å². The minimum Gasteiger partial charge on any atom is -0.272 e. The van der Waals surface area contributed by atoms with Gasteiger partial charge >= 0.3 is 0 Å². The first-order valence-electron chi connectivity index (χ1n) is 4.64. The third kappa shape index (κ3) is 5.95. The molecule has 1 atom stereocenters. The van der Waals surface area contributed by atoms with Gasteiger partial charge in [0.15, 0.2) is 6.19 Å². The molecular weight excluding hydrogens is 250 g/mol. The summed E-state index contributed by atoms with van der Waals surface area (Å²) in [4.78, 5) is 11.4. The molecule has 0 spiro atoms. The van der Waals surface area contributed by atoms with Crippen LogP contribution >= 0.6 is 11.8 Å². The number of nitriles is 1. The number of sulfonamides is 1. The highest BCUT2D eigenvalue weighted by Crippen LogP contribution is 2.02. The zero-order valence-corrected chi connectivity index (χ0v) is 10.8. The number of hydrogen-bond acceptors (Lipinski definition) is 5. The lowest BCUT2D eigenvalue weighted by Crippen LogP contribution is -2.46. The summed E-state index contributed by atoms with van der Waals surface area (Å²) in [7, 11) is -3.44. The molecule has 0 aromatic heterocycles. The lowest BCUT2D eigenvalue weighted by atomic mass is 10.2. The normalized spacial score (nSPS) is 12.8. The fourth-order valence-corrected chi connectivity index (χ4v) is 2.22. The quantitative estimate of drug-likeness (QED) is 0.484. The summed E-state index contributed by atoms with van der Waals surface area (Å²) in [6.07, 6.45) is 3.70. The van der Waals surface area contributed by atoms with Gasteiger partial charge in [0.05, 0.1) is 5.75 Å². The van der Waals surface area contributed by atoms with Crippen LogP contribution in [0.4, 0.5) is 0 Å². The van der Waals surface area contributed by atoms with Crippen molar-refractivity contribution in [1.82, 2.24) is 10.0 Å². The Morgan fingerprint density at radius 1 is 1.56 bits per heavy atom. The van der Waals surface area contributed by atoms with Gasteiger partial charge in [0.25, 0.3) is 5.91 Å². The maximum absolute atomic E-state index is 11.4. The molecule has 8 heteroatoms. The molecule has 1 amide bonds. The van der Waals surface area contributed by atoms with Crippen LogP contribution in [0.1, 0.15) is 13.3 Å². The average molecular weight is 265 g/mol. The lowest BCUT2D eigenvalue weighted by molar-refractivity contribution is -0.121. The molecular formula is C8H15N3O3S2. The van der Waals surface area contributed by atoms with Gasteiger partial charge in [-0.1, -0.05) is 0 Å². The molecule has 0 bridgehead atoms. The molecule has 6 nitrogen and oxygen atoms in total. The minimum atomic E-state index is -3.44. The van der Waals surface area contributed by atoms with Crippen LogP contribution in [0.25, 0.3) is 0 Å². The van der Waals surface area contributed by atoms with Gasteiger partial charge in [-0.25, -0.2) is 13.1 Å². The van der Waals surface area contributed by atoms with E-state index in [9.17, 15) is 13.2 Å². The van der Waals surface area contributed by atoms with Crippen LogP contribution in [0.3, 0.4) is 0 Å². The second-order valence-electron chi connectivity index (χ2n) is 2.96. The summed E-state index contributed by atoms with van der Waals surface area (Å²) in [5.41, 5.74) is 0. The Labute approximate surface area is 99.8 Å². The van der Waals surface area contributed by atoms with Crippen molar-refractivity contribution in [1.29, 1.82) is 5.26 Å². The fourth-order valence-electron chi connectivity index (χ4n) is 0.922. The zero-order chi connectivity index (χ0) is 12.6. The summed E-state index contributed by atoms with van der Waals surface area (Å²) >= 11 is 1.50. The second-order valence-corrected chi connectivity index (χ2v) is 5.98. The van der Waals surface area contributed by atoms with Crippen molar-refractivity contribution in [3.8, 4) is 6.19 Å². The number of nitrogens with zero attached hydrogens (tertiary/aromatic N) is 1. The van der Waals surface area contributed by atoms with Crippen LogP contribution in [-0.2, 0) is 14.8 Å². The van der Waals surface area contributed by atoms with E-state index in [1.54, 1.807) is 0 Å². The molecule has 0 radical (unpaired) electrons. The third-order valence-corrected chi connectivity index (χ3v) is 3.86. The highest BCUT2D eigenvalue weighted by atomic mass is 32.2. The van der Waals surface area contributed by atoms with Crippen LogP contribution < -0.4 is 10.0 Å². The molecule has 0 saturated carbocycles. The summed E-state index contributed by atoms with van der Waals surface area (Å²) in [6, 6.07) is -0.878. The van der Waals surface area contributed by atoms with Crippen molar-refractivity contribution in [2.24, 2.45) is 0 Å². The molecule has 0 aliphatic rings. The largest absolute Gasteiger partial charge is 0.272 e. The zero-order valence-electron chi connectivity index (χ0n) is 9.19. The molecule has 0 aliphatic carbocycles. The van der Waals surface area contributed by atoms with Crippen molar-refractivity contribution in [2.75, 3.05) is 17.8 Å². The van der Waals surface area contributed by atoms with E-state index >= 15 is 0 Å².